The molecule has 2 heterocycles. The molecule has 0 bridgehead atoms. The lowest BCUT2D eigenvalue weighted by Crippen LogP contribution is -2.21. The van der Waals surface area contributed by atoms with E-state index in [1.54, 1.807) is 6.33 Å². The zero-order valence-electron chi connectivity index (χ0n) is 10.2. The molecule has 2 atom stereocenters. The maximum Gasteiger partial charge on any atom is 0.165 e. The van der Waals surface area contributed by atoms with Crippen LogP contribution in [0.15, 0.2) is 12.7 Å². The van der Waals surface area contributed by atoms with Crippen LogP contribution in [-0.4, -0.2) is 31.2 Å². The van der Waals surface area contributed by atoms with Crippen molar-refractivity contribution < 1.29 is 5.11 Å². The van der Waals surface area contributed by atoms with E-state index >= 15 is 0 Å². The summed E-state index contributed by atoms with van der Waals surface area (Å²) in [6.07, 6.45) is 7.59. The Morgan fingerprint density at radius 1 is 1.33 bits per heavy atom. The summed E-state index contributed by atoms with van der Waals surface area (Å²) in [5, 5.41) is 9.29. The van der Waals surface area contributed by atoms with Gasteiger partial charge in [0.1, 0.15) is 11.8 Å². The molecule has 2 aromatic rings. The van der Waals surface area contributed by atoms with Crippen molar-refractivity contribution in [2.24, 2.45) is 5.92 Å². The highest BCUT2D eigenvalue weighted by atomic mass is 16.3. The predicted octanol–water partition coefficient (Wildman–Crippen LogP) is 1.13. The number of aliphatic hydroxyl groups excluding tert-OH is 1. The highest BCUT2D eigenvalue weighted by Crippen LogP contribution is 2.34. The molecule has 18 heavy (non-hydrogen) atoms. The molecule has 2 aromatic heterocycles. The van der Waals surface area contributed by atoms with E-state index in [2.05, 4.69) is 19.5 Å². The lowest BCUT2D eigenvalue weighted by atomic mass is 9.86. The van der Waals surface area contributed by atoms with Crippen LogP contribution < -0.4 is 5.73 Å². The summed E-state index contributed by atoms with van der Waals surface area (Å²) in [6, 6.07) is 0.357. The van der Waals surface area contributed by atoms with Gasteiger partial charge in [0.05, 0.1) is 6.33 Å². The third-order valence-electron chi connectivity index (χ3n) is 3.79. The lowest BCUT2D eigenvalue weighted by Gasteiger charge is -2.28. The Labute approximate surface area is 105 Å². The molecule has 1 aliphatic carbocycles. The van der Waals surface area contributed by atoms with E-state index in [9.17, 15) is 5.11 Å². The SMILES string of the molecule is Nc1ncnc2c1ncn2C1CCCC(CO)C1. The van der Waals surface area contributed by atoms with Gasteiger partial charge in [-0.25, -0.2) is 15.0 Å². The maximum atomic E-state index is 9.29. The van der Waals surface area contributed by atoms with Gasteiger partial charge in [-0.15, -0.1) is 0 Å². The normalized spacial score (nSPS) is 24.5. The van der Waals surface area contributed by atoms with Crippen molar-refractivity contribution in [2.75, 3.05) is 12.3 Å². The Kier molecular flexibility index (Phi) is 2.87. The van der Waals surface area contributed by atoms with E-state index in [1.807, 2.05) is 0 Å². The summed E-state index contributed by atoms with van der Waals surface area (Å²) in [6.45, 7) is 0.264. The second-order valence-corrected chi connectivity index (χ2v) is 4.95. The van der Waals surface area contributed by atoms with E-state index in [0.29, 0.717) is 23.3 Å². The number of hydrogen-bond donors (Lipinski definition) is 2. The minimum atomic E-state index is 0.264. The van der Waals surface area contributed by atoms with Crippen LogP contribution in [0.2, 0.25) is 0 Å². The molecule has 6 nitrogen and oxygen atoms in total. The summed E-state index contributed by atoms with van der Waals surface area (Å²) in [5.41, 5.74) is 7.25. The van der Waals surface area contributed by atoms with Crippen molar-refractivity contribution in [2.45, 2.75) is 31.7 Å². The van der Waals surface area contributed by atoms with E-state index < -0.39 is 0 Å². The van der Waals surface area contributed by atoms with Gasteiger partial charge in [0.2, 0.25) is 0 Å². The first-order valence-electron chi connectivity index (χ1n) is 6.33. The molecule has 0 radical (unpaired) electrons. The number of nitrogen functional groups attached to an aromatic ring is 1. The van der Waals surface area contributed by atoms with Crippen LogP contribution in [0.1, 0.15) is 31.7 Å². The van der Waals surface area contributed by atoms with Gasteiger partial charge >= 0.3 is 0 Å². The second-order valence-electron chi connectivity index (χ2n) is 4.95. The highest BCUT2D eigenvalue weighted by Gasteiger charge is 2.24. The van der Waals surface area contributed by atoms with Crippen LogP contribution in [-0.2, 0) is 0 Å². The molecule has 1 saturated carbocycles. The molecule has 1 aliphatic rings. The minimum absolute atomic E-state index is 0.264. The van der Waals surface area contributed by atoms with Crippen molar-refractivity contribution in [1.29, 1.82) is 0 Å². The minimum Gasteiger partial charge on any atom is -0.396 e. The summed E-state index contributed by atoms with van der Waals surface area (Å²) in [4.78, 5) is 12.5. The number of nitrogens with two attached hydrogens (primary N) is 1. The first-order valence-corrected chi connectivity index (χ1v) is 6.33. The summed E-state index contributed by atoms with van der Waals surface area (Å²) < 4.78 is 2.08. The zero-order valence-corrected chi connectivity index (χ0v) is 10.2. The maximum absolute atomic E-state index is 9.29. The fourth-order valence-corrected chi connectivity index (χ4v) is 2.82. The topological polar surface area (TPSA) is 89.9 Å². The van der Waals surface area contributed by atoms with Gasteiger partial charge in [0.15, 0.2) is 11.5 Å². The Morgan fingerprint density at radius 3 is 3.06 bits per heavy atom. The predicted molar refractivity (Wildman–Crippen MR) is 67.8 cm³/mol. The summed E-state index contributed by atoms with van der Waals surface area (Å²) in [7, 11) is 0. The van der Waals surface area contributed by atoms with Crippen molar-refractivity contribution in [1.82, 2.24) is 19.5 Å². The molecular weight excluding hydrogens is 230 g/mol. The van der Waals surface area contributed by atoms with Crippen LogP contribution in [0.3, 0.4) is 0 Å². The highest BCUT2D eigenvalue weighted by molar-refractivity contribution is 5.81. The zero-order chi connectivity index (χ0) is 12.5. The molecule has 0 aliphatic heterocycles. The van der Waals surface area contributed by atoms with Crippen molar-refractivity contribution in [3.63, 3.8) is 0 Å². The van der Waals surface area contributed by atoms with Gasteiger partial charge in [0, 0.05) is 12.6 Å². The quantitative estimate of drug-likeness (QED) is 0.830. The van der Waals surface area contributed by atoms with Gasteiger partial charge in [-0.05, 0) is 25.2 Å². The Bertz CT molecular complexity index is 552. The van der Waals surface area contributed by atoms with Gasteiger partial charge in [-0.2, -0.15) is 0 Å². The van der Waals surface area contributed by atoms with Crippen molar-refractivity contribution in [3.8, 4) is 0 Å². The molecule has 96 valence electrons. The third-order valence-corrected chi connectivity index (χ3v) is 3.79. The number of nitrogens with zero attached hydrogens (tertiary/aromatic N) is 4. The number of hydrogen-bond acceptors (Lipinski definition) is 5. The fourth-order valence-electron chi connectivity index (χ4n) is 2.82. The van der Waals surface area contributed by atoms with Gasteiger partial charge < -0.3 is 15.4 Å². The largest absolute Gasteiger partial charge is 0.396 e. The van der Waals surface area contributed by atoms with Crippen molar-refractivity contribution in [3.05, 3.63) is 12.7 Å². The average Bonchev–Trinajstić information content (AvgIpc) is 2.84. The molecule has 3 rings (SSSR count). The smallest absolute Gasteiger partial charge is 0.165 e. The number of fused-ring (bicyclic) bond motifs is 1. The number of aliphatic hydroxyl groups is 1. The second kappa shape index (κ2) is 4.53. The summed E-state index contributed by atoms with van der Waals surface area (Å²) in [5.74, 6) is 0.814. The Hall–Kier alpha value is -1.69. The summed E-state index contributed by atoms with van der Waals surface area (Å²) >= 11 is 0. The molecule has 6 heteroatoms. The van der Waals surface area contributed by atoms with E-state index in [-0.39, 0.29) is 6.61 Å². The number of imidazole rings is 1. The van der Waals surface area contributed by atoms with Crippen LogP contribution in [0.4, 0.5) is 5.82 Å². The standard InChI is InChI=1S/C12H17N5O/c13-11-10-12(15-6-14-11)17(7-16-10)9-3-1-2-8(4-9)5-18/h6-9,18H,1-5H2,(H2,13,14,15). The van der Waals surface area contributed by atoms with E-state index in [0.717, 1.165) is 31.3 Å². The molecule has 2 unspecified atom stereocenters. The van der Waals surface area contributed by atoms with Crippen LogP contribution >= 0.6 is 0 Å². The fraction of sp³-hybridized carbons (Fsp3) is 0.583. The molecule has 0 saturated heterocycles. The molecule has 3 N–H and O–H groups in total. The average molecular weight is 247 g/mol. The number of rotatable bonds is 2. The molecule has 0 spiro atoms. The molecular formula is C12H17N5O. The van der Waals surface area contributed by atoms with E-state index in [4.69, 9.17) is 5.73 Å². The van der Waals surface area contributed by atoms with Crippen LogP contribution in [0.5, 0.6) is 0 Å². The van der Waals surface area contributed by atoms with Crippen LogP contribution in [0, 0.1) is 5.92 Å². The molecule has 0 aromatic carbocycles. The third kappa shape index (κ3) is 1.82. The van der Waals surface area contributed by atoms with Gasteiger partial charge in [-0.1, -0.05) is 6.42 Å². The van der Waals surface area contributed by atoms with Crippen molar-refractivity contribution >= 4 is 17.0 Å². The first-order chi connectivity index (χ1) is 8.79. The number of aromatic nitrogens is 4. The first kappa shape index (κ1) is 11.4. The lowest BCUT2D eigenvalue weighted by molar-refractivity contribution is 0.163. The van der Waals surface area contributed by atoms with Gasteiger partial charge in [-0.3, -0.25) is 0 Å². The van der Waals surface area contributed by atoms with Gasteiger partial charge in [0.25, 0.3) is 0 Å². The van der Waals surface area contributed by atoms with Crippen LogP contribution in [0.25, 0.3) is 11.2 Å². The number of anilines is 1. The molecule has 0 amide bonds. The molecule has 1 fully saturated rings. The Balaban J connectivity index is 1.96. The monoisotopic (exact) mass is 247 g/mol. The Morgan fingerprint density at radius 2 is 2.22 bits per heavy atom. The van der Waals surface area contributed by atoms with E-state index in [1.165, 1.54) is 6.33 Å².